The fourth-order valence-electron chi connectivity index (χ4n) is 1.61. The van der Waals surface area contributed by atoms with Gasteiger partial charge in [0.1, 0.15) is 17.3 Å². The van der Waals surface area contributed by atoms with Crippen LogP contribution in [-0.4, -0.2) is 4.99 Å². The molecular formula is C14H10BrCl2NOS. The van der Waals surface area contributed by atoms with Crippen molar-refractivity contribution < 1.29 is 4.74 Å². The minimum Gasteiger partial charge on any atom is -0.488 e. The summed E-state index contributed by atoms with van der Waals surface area (Å²) >= 11 is 20.3. The van der Waals surface area contributed by atoms with Gasteiger partial charge < -0.3 is 10.5 Å². The van der Waals surface area contributed by atoms with Gasteiger partial charge in [-0.1, -0.05) is 57.4 Å². The molecule has 2 aromatic carbocycles. The van der Waals surface area contributed by atoms with Gasteiger partial charge in [0.25, 0.3) is 0 Å². The van der Waals surface area contributed by atoms with Crippen LogP contribution in [0.2, 0.25) is 10.0 Å². The Kier molecular flexibility index (Phi) is 5.27. The van der Waals surface area contributed by atoms with Crippen molar-refractivity contribution in [3.05, 3.63) is 62.0 Å². The molecule has 0 aliphatic rings. The lowest BCUT2D eigenvalue weighted by Gasteiger charge is -2.12. The van der Waals surface area contributed by atoms with Crippen molar-refractivity contribution in [2.24, 2.45) is 5.73 Å². The van der Waals surface area contributed by atoms with Crippen LogP contribution in [0, 0.1) is 0 Å². The van der Waals surface area contributed by atoms with Gasteiger partial charge in [0.05, 0.1) is 5.56 Å². The first-order valence-electron chi connectivity index (χ1n) is 5.63. The average molecular weight is 391 g/mol. The van der Waals surface area contributed by atoms with Crippen LogP contribution in [0.1, 0.15) is 11.1 Å². The van der Waals surface area contributed by atoms with Crippen molar-refractivity contribution in [1.82, 2.24) is 0 Å². The van der Waals surface area contributed by atoms with E-state index in [2.05, 4.69) is 15.9 Å². The Balaban J connectivity index is 2.20. The predicted octanol–water partition coefficient (Wildman–Crippen LogP) is 4.97. The van der Waals surface area contributed by atoms with Gasteiger partial charge in [-0.05, 0) is 30.3 Å². The van der Waals surface area contributed by atoms with Crippen molar-refractivity contribution in [3.8, 4) is 5.75 Å². The van der Waals surface area contributed by atoms with Crippen LogP contribution in [-0.2, 0) is 6.61 Å². The van der Waals surface area contributed by atoms with Crippen molar-refractivity contribution in [3.63, 3.8) is 0 Å². The Morgan fingerprint density at radius 1 is 1.20 bits per heavy atom. The number of hydrogen-bond acceptors (Lipinski definition) is 2. The number of benzene rings is 2. The van der Waals surface area contributed by atoms with Gasteiger partial charge in [0.2, 0.25) is 0 Å². The highest BCUT2D eigenvalue weighted by Gasteiger charge is 2.09. The normalized spacial score (nSPS) is 10.3. The van der Waals surface area contributed by atoms with E-state index in [0.29, 0.717) is 28.0 Å². The number of nitrogens with two attached hydrogens (primary N) is 1. The van der Waals surface area contributed by atoms with E-state index in [4.69, 9.17) is 45.9 Å². The molecule has 0 heterocycles. The molecule has 0 spiro atoms. The topological polar surface area (TPSA) is 35.2 Å². The summed E-state index contributed by atoms with van der Waals surface area (Å²) in [6.45, 7) is 0.313. The zero-order chi connectivity index (χ0) is 14.7. The van der Waals surface area contributed by atoms with Gasteiger partial charge in [0.15, 0.2) is 0 Å². The maximum absolute atomic E-state index is 6.10. The first-order valence-corrected chi connectivity index (χ1v) is 7.59. The fraction of sp³-hybridized carbons (Fsp3) is 0.0714. The maximum Gasteiger partial charge on any atom is 0.130 e. The molecule has 104 valence electrons. The maximum atomic E-state index is 6.10. The minimum atomic E-state index is 0.281. The largest absolute Gasteiger partial charge is 0.488 e. The Morgan fingerprint density at radius 3 is 2.60 bits per heavy atom. The minimum absolute atomic E-state index is 0.281. The van der Waals surface area contributed by atoms with E-state index in [1.54, 1.807) is 12.1 Å². The van der Waals surface area contributed by atoms with Crippen molar-refractivity contribution >= 4 is 56.3 Å². The van der Waals surface area contributed by atoms with E-state index in [-0.39, 0.29) is 4.99 Å². The molecule has 0 atom stereocenters. The van der Waals surface area contributed by atoms with E-state index in [0.717, 1.165) is 10.0 Å². The summed E-state index contributed by atoms with van der Waals surface area (Å²) in [6, 6.07) is 10.8. The van der Waals surface area contributed by atoms with E-state index in [1.165, 1.54) is 0 Å². The Bertz CT molecular complexity index is 664. The summed E-state index contributed by atoms with van der Waals surface area (Å²) in [4.78, 5) is 0.281. The first-order chi connectivity index (χ1) is 9.47. The number of rotatable bonds is 4. The highest BCUT2D eigenvalue weighted by Crippen LogP contribution is 2.26. The molecule has 0 fully saturated rings. The molecule has 20 heavy (non-hydrogen) atoms. The van der Waals surface area contributed by atoms with Gasteiger partial charge >= 0.3 is 0 Å². The summed E-state index contributed by atoms with van der Waals surface area (Å²) in [5.74, 6) is 0.617. The number of thiocarbonyl (C=S) groups is 1. The summed E-state index contributed by atoms with van der Waals surface area (Å²) in [7, 11) is 0. The Morgan fingerprint density at radius 2 is 1.95 bits per heavy atom. The van der Waals surface area contributed by atoms with E-state index >= 15 is 0 Å². The summed E-state index contributed by atoms with van der Waals surface area (Å²) in [6.07, 6.45) is 0. The van der Waals surface area contributed by atoms with Crippen LogP contribution in [0.3, 0.4) is 0 Å². The monoisotopic (exact) mass is 389 g/mol. The predicted molar refractivity (Wildman–Crippen MR) is 90.8 cm³/mol. The zero-order valence-electron chi connectivity index (χ0n) is 10.2. The molecule has 2 nitrogen and oxygen atoms in total. The van der Waals surface area contributed by atoms with Gasteiger partial charge in [-0.3, -0.25) is 0 Å². The van der Waals surface area contributed by atoms with Crippen LogP contribution in [0.4, 0.5) is 0 Å². The lowest BCUT2D eigenvalue weighted by Crippen LogP contribution is -2.11. The quantitative estimate of drug-likeness (QED) is 0.748. The third-order valence-electron chi connectivity index (χ3n) is 2.61. The van der Waals surface area contributed by atoms with E-state index < -0.39 is 0 Å². The van der Waals surface area contributed by atoms with Gasteiger partial charge in [-0.15, -0.1) is 0 Å². The second kappa shape index (κ2) is 6.76. The third kappa shape index (κ3) is 3.85. The molecule has 0 saturated carbocycles. The highest BCUT2D eigenvalue weighted by atomic mass is 79.9. The van der Waals surface area contributed by atoms with Crippen LogP contribution in [0.15, 0.2) is 40.9 Å². The third-order valence-corrected chi connectivity index (χ3v) is 3.91. The molecule has 2 rings (SSSR count). The summed E-state index contributed by atoms with van der Waals surface area (Å²) in [5, 5.41) is 1.15. The average Bonchev–Trinajstić information content (AvgIpc) is 2.38. The van der Waals surface area contributed by atoms with Crippen molar-refractivity contribution in [2.45, 2.75) is 6.61 Å². The fourth-order valence-corrected chi connectivity index (χ4v) is 2.60. The van der Waals surface area contributed by atoms with Gasteiger partial charge in [0, 0.05) is 20.1 Å². The Labute approximate surface area is 141 Å². The van der Waals surface area contributed by atoms with Crippen LogP contribution < -0.4 is 10.5 Å². The van der Waals surface area contributed by atoms with Crippen LogP contribution in [0.5, 0.6) is 5.75 Å². The van der Waals surface area contributed by atoms with Gasteiger partial charge in [-0.25, -0.2) is 0 Å². The molecule has 2 N–H and O–H groups in total. The van der Waals surface area contributed by atoms with E-state index in [9.17, 15) is 0 Å². The molecule has 0 aromatic heterocycles. The summed E-state index contributed by atoms with van der Waals surface area (Å²) in [5.41, 5.74) is 7.21. The molecule has 0 bridgehead atoms. The standard InChI is InChI=1S/C14H10BrCl2NOS/c15-9-2-4-13(11(5-9)14(18)20)19-7-8-1-3-10(16)6-12(8)17/h1-6H,7H2,(H2,18,20). The second-order valence-electron chi connectivity index (χ2n) is 4.03. The molecule has 0 amide bonds. The molecular weight excluding hydrogens is 381 g/mol. The SMILES string of the molecule is NC(=S)c1cc(Br)ccc1OCc1ccc(Cl)cc1Cl. The molecule has 0 aliphatic carbocycles. The number of ether oxygens (including phenoxy) is 1. The zero-order valence-corrected chi connectivity index (χ0v) is 14.1. The van der Waals surface area contributed by atoms with Crippen molar-refractivity contribution in [1.29, 1.82) is 0 Å². The summed E-state index contributed by atoms with van der Waals surface area (Å²) < 4.78 is 6.63. The lowest BCUT2D eigenvalue weighted by molar-refractivity contribution is 0.306. The molecule has 6 heteroatoms. The van der Waals surface area contributed by atoms with Crippen LogP contribution >= 0.6 is 51.3 Å². The number of hydrogen-bond donors (Lipinski definition) is 1. The van der Waals surface area contributed by atoms with Gasteiger partial charge in [-0.2, -0.15) is 0 Å². The lowest BCUT2D eigenvalue weighted by atomic mass is 10.2. The van der Waals surface area contributed by atoms with E-state index in [1.807, 2.05) is 24.3 Å². The molecule has 0 aliphatic heterocycles. The molecule has 2 aromatic rings. The smallest absolute Gasteiger partial charge is 0.130 e. The number of halogens is 3. The van der Waals surface area contributed by atoms with Crippen LogP contribution in [0.25, 0.3) is 0 Å². The second-order valence-corrected chi connectivity index (χ2v) is 6.23. The molecule has 0 unspecified atom stereocenters. The highest BCUT2D eigenvalue weighted by molar-refractivity contribution is 9.10. The first kappa shape index (κ1) is 15.6. The molecule has 0 saturated heterocycles. The van der Waals surface area contributed by atoms with Crippen molar-refractivity contribution in [2.75, 3.05) is 0 Å². The molecule has 0 radical (unpaired) electrons. The Hall–Kier alpha value is -0.810.